The molecule has 0 aliphatic carbocycles. The zero-order chi connectivity index (χ0) is 22.1. The second kappa shape index (κ2) is 8.57. The highest BCUT2D eigenvalue weighted by Gasteiger charge is 2.19. The van der Waals surface area contributed by atoms with E-state index in [-0.39, 0.29) is 10.8 Å². The summed E-state index contributed by atoms with van der Waals surface area (Å²) in [4.78, 5) is 19.1. The standard InChI is InChI=1S/C22H28N4O3S/c1-16-8-6-7-9-17(16)15-25(4)22(27)13-12-21-23-19-14-18(30(28,29)24(2)3)10-11-20(19)26(21)5/h6-11,14H,12-13,15H2,1-5H3. The van der Waals surface area contributed by atoms with Gasteiger partial charge in [-0.3, -0.25) is 4.79 Å². The van der Waals surface area contributed by atoms with E-state index in [2.05, 4.69) is 4.98 Å². The quantitative estimate of drug-likeness (QED) is 0.580. The van der Waals surface area contributed by atoms with Crippen molar-refractivity contribution in [2.45, 2.75) is 31.2 Å². The van der Waals surface area contributed by atoms with Gasteiger partial charge in [0.25, 0.3) is 0 Å². The Morgan fingerprint density at radius 1 is 1.10 bits per heavy atom. The summed E-state index contributed by atoms with van der Waals surface area (Å²) in [5.74, 6) is 0.795. The van der Waals surface area contributed by atoms with Gasteiger partial charge in [-0.1, -0.05) is 24.3 Å². The van der Waals surface area contributed by atoms with Crippen molar-refractivity contribution < 1.29 is 13.2 Å². The first kappa shape index (κ1) is 22.0. The van der Waals surface area contributed by atoms with Gasteiger partial charge in [0.1, 0.15) is 5.82 Å². The Morgan fingerprint density at radius 2 is 1.80 bits per heavy atom. The molecule has 0 bridgehead atoms. The lowest BCUT2D eigenvalue weighted by Crippen LogP contribution is -2.27. The minimum Gasteiger partial charge on any atom is -0.341 e. The van der Waals surface area contributed by atoms with Crippen molar-refractivity contribution in [1.82, 2.24) is 18.8 Å². The van der Waals surface area contributed by atoms with Crippen molar-refractivity contribution >= 4 is 27.0 Å². The summed E-state index contributed by atoms with van der Waals surface area (Å²) in [6.07, 6.45) is 0.820. The molecule has 0 radical (unpaired) electrons. The van der Waals surface area contributed by atoms with Crippen molar-refractivity contribution in [2.24, 2.45) is 7.05 Å². The summed E-state index contributed by atoms with van der Waals surface area (Å²) in [6.45, 7) is 2.61. The number of carbonyl (C=O) groups is 1. The Balaban J connectivity index is 1.73. The fraction of sp³-hybridized carbons (Fsp3) is 0.364. The molecule has 0 atom stereocenters. The van der Waals surface area contributed by atoms with E-state index in [1.54, 1.807) is 23.1 Å². The Labute approximate surface area is 178 Å². The molecule has 1 aromatic heterocycles. The molecule has 3 rings (SSSR count). The van der Waals surface area contributed by atoms with Gasteiger partial charge in [0.05, 0.1) is 15.9 Å². The molecule has 1 heterocycles. The largest absolute Gasteiger partial charge is 0.341 e. The zero-order valence-corrected chi connectivity index (χ0v) is 18.9. The third kappa shape index (κ3) is 4.39. The van der Waals surface area contributed by atoms with Crippen LogP contribution in [0, 0.1) is 6.92 Å². The Morgan fingerprint density at radius 3 is 2.47 bits per heavy atom. The second-order valence-corrected chi connectivity index (χ2v) is 9.85. The number of aromatic nitrogens is 2. The second-order valence-electron chi connectivity index (χ2n) is 7.70. The number of imidazole rings is 1. The SMILES string of the molecule is Cc1ccccc1CN(C)C(=O)CCc1nc2cc(S(=O)(=O)N(C)C)ccc2n1C. The molecule has 30 heavy (non-hydrogen) atoms. The van der Waals surface area contributed by atoms with E-state index in [4.69, 9.17) is 0 Å². The maximum atomic E-state index is 12.6. The van der Waals surface area contributed by atoms with Crippen molar-refractivity contribution in [1.29, 1.82) is 0 Å². The van der Waals surface area contributed by atoms with Crippen LogP contribution in [0.2, 0.25) is 0 Å². The van der Waals surface area contributed by atoms with Crippen molar-refractivity contribution in [3.63, 3.8) is 0 Å². The number of amides is 1. The average Bonchev–Trinajstić information content (AvgIpc) is 3.02. The minimum atomic E-state index is -3.52. The third-order valence-electron chi connectivity index (χ3n) is 5.38. The highest BCUT2D eigenvalue weighted by atomic mass is 32.2. The molecule has 0 saturated carbocycles. The lowest BCUT2D eigenvalue weighted by Gasteiger charge is -2.18. The van der Waals surface area contributed by atoms with Gasteiger partial charge < -0.3 is 9.47 Å². The van der Waals surface area contributed by atoms with Crippen LogP contribution in [0.1, 0.15) is 23.4 Å². The van der Waals surface area contributed by atoms with Crippen molar-refractivity contribution in [3.8, 4) is 0 Å². The van der Waals surface area contributed by atoms with E-state index in [0.717, 1.165) is 22.5 Å². The van der Waals surface area contributed by atoms with E-state index < -0.39 is 10.0 Å². The summed E-state index contributed by atoms with van der Waals surface area (Å²) in [6, 6.07) is 13.0. The maximum Gasteiger partial charge on any atom is 0.242 e. The molecule has 0 N–H and O–H groups in total. The fourth-order valence-electron chi connectivity index (χ4n) is 3.37. The van der Waals surface area contributed by atoms with Gasteiger partial charge in [0.2, 0.25) is 15.9 Å². The van der Waals surface area contributed by atoms with Gasteiger partial charge in [-0.2, -0.15) is 0 Å². The zero-order valence-electron chi connectivity index (χ0n) is 18.1. The summed E-state index contributed by atoms with van der Waals surface area (Å²) >= 11 is 0. The molecule has 3 aromatic rings. The van der Waals surface area contributed by atoms with Crippen LogP contribution in [-0.2, 0) is 34.8 Å². The molecular weight excluding hydrogens is 400 g/mol. The molecule has 2 aromatic carbocycles. The monoisotopic (exact) mass is 428 g/mol. The predicted octanol–water partition coefficient (Wildman–Crippen LogP) is 2.72. The Kier molecular flexibility index (Phi) is 6.28. The summed E-state index contributed by atoms with van der Waals surface area (Å²) in [5, 5.41) is 0. The average molecular weight is 429 g/mol. The number of hydrogen-bond donors (Lipinski definition) is 0. The maximum absolute atomic E-state index is 12.6. The Hall–Kier alpha value is -2.71. The number of rotatable bonds is 7. The van der Waals surface area contributed by atoms with Crippen LogP contribution in [0.15, 0.2) is 47.4 Å². The van der Waals surface area contributed by atoms with Crippen LogP contribution in [0.5, 0.6) is 0 Å². The molecule has 8 heteroatoms. The molecule has 1 amide bonds. The first-order valence-electron chi connectivity index (χ1n) is 9.77. The highest BCUT2D eigenvalue weighted by molar-refractivity contribution is 7.89. The minimum absolute atomic E-state index is 0.0428. The molecule has 0 spiro atoms. The van der Waals surface area contributed by atoms with Crippen LogP contribution in [0.25, 0.3) is 11.0 Å². The first-order valence-corrected chi connectivity index (χ1v) is 11.2. The fourth-order valence-corrected chi connectivity index (χ4v) is 4.29. The smallest absolute Gasteiger partial charge is 0.242 e. The normalized spacial score (nSPS) is 11.9. The predicted molar refractivity (Wildman–Crippen MR) is 118 cm³/mol. The van der Waals surface area contributed by atoms with Gasteiger partial charge in [-0.25, -0.2) is 17.7 Å². The van der Waals surface area contributed by atoms with E-state index in [0.29, 0.717) is 24.9 Å². The van der Waals surface area contributed by atoms with Crippen LogP contribution < -0.4 is 0 Å². The van der Waals surface area contributed by atoms with Crippen molar-refractivity contribution in [2.75, 3.05) is 21.1 Å². The number of hydrogen-bond acceptors (Lipinski definition) is 4. The Bertz CT molecular complexity index is 1180. The van der Waals surface area contributed by atoms with E-state index in [1.165, 1.54) is 18.4 Å². The molecule has 0 aliphatic rings. The van der Waals surface area contributed by atoms with E-state index in [9.17, 15) is 13.2 Å². The summed E-state index contributed by atoms with van der Waals surface area (Å²) < 4.78 is 27.8. The third-order valence-corrected chi connectivity index (χ3v) is 7.19. The van der Waals surface area contributed by atoms with E-state index >= 15 is 0 Å². The van der Waals surface area contributed by atoms with Gasteiger partial charge in [0.15, 0.2) is 0 Å². The highest BCUT2D eigenvalue weighted by Crippen LogP contribution is 2.22. The lowest BCUT2D eigenvalue weighted by molar-refractivity contribution is -0.130. The number of fused-ring (bicyclic) bond motifs is 1. The molecular formula is C22H28N4O3S. The van der Waals surface area contributed by atoms with Crippen LogP contribution in [-0.4, -0.2) is 54.2 Å². The van der Waals surface area contributed by atoms with Crippen LogP contribution in [0.4, 0.5) is 0 Å². The number of nitrogens with zero attached hydrogens (tertiary/aromatic N) is 4. The summed E-state index contributed by atoms with van der Waals surface area (Å²) in [5.41, 5.74) is 3.74. The molecule has 7 nitrogen and oxygen atoms in total. The number of sulfonamides is 1. The number of aryl methyl sites for hydroxylation is 3. The molecule has 0 unspecified atom stereocenters. The molecule has 0 fully saturated rings. The van der Waals surface area contributed by atoms with Gasteiger partial charge in [0, 0.05) is 47.6 Å². The first-order chi connectivity index (χ1) is 14.1. The van der Waals surface area contributed by atoms with Gasteiger partial charge >= 0.3 is 0 Å². The van der Waals surface area contributed by atoms with Crippen LogP contribution in [0.3, 0.4) is 0 Å². The van der Waals surface area contributed by atoms with Gasteiger partial charge in [-0.15, -0.1) is 0 Å². The summed E-state index contributed by atoms with van der Waals surface area (Å²) in [7, 11) is 3.17. The van der Waals surface area contributed by atoms with Crippen LogP contribution >= 0.6 is 0 Å². The van der Waals surface area contributed by atoms with Gasteiger partial charge in [-0.05, 0) is 36.2 Å². The topological polar surface area (TPSA) is 75.5 Å². The molecule has 0 aliphatic heterocycles. The molecule has 0 saturated heterocycles. The van der Waals surface area contributed by atoms with E-state index in [1.807, 2.05) is 49.9 Å². The molecule has 160 valence electrons. The lowest BCUT2D eigenvalue weighted by atomic mass is 10.1. The number of benzene rings is 2. The van der Waals surface area contributed by atoms with Crippen molar-refractivity contribution in [3.05, 3.63) is 59.4 Å². The number of carbonyl (C=O) groups excluding carboxylic acids is 1.